The van der Waals surface area contributed by atoms with Crippen molar-refractivity contribution in [1.29, 1.82) is 0 Å². The first-order valence-corrected chi connectivity index (χ1v) is 7.09. The SMILES string of the molecule is CC(C)(C)NC(=S)NN=Cc1c(O)ccc2ccccc12. The van der Waals surface area contributed by atoms with Crippen molar-refractivity contribution in [2.45, 2.75) is 26.3 Å². The molecule has 2 aromatic carbocycles. The minimum atomic E-state index is -0.124. The molecule has 5 heteroatoms. The highest BCUT2D eigenvalue weighted by Gasteiger charge is 2.10. The van der Waals surface area contributed by atoms with E-state index in [9.17, 15) is 5.11 Å². The van der Waals surface area contributed by atoms with E-state index in [1.165, 1.54) is 0 Å². The molecule has 0 atom stereocenters. The van der Waals surface area contributed by atoms with E-state index in [-0.39, 0.29) is 11.3 Å². The summed E-state index contributed by atoms with van der Waals surface area (Å²) in [6.07, 6.45) is 1.58. The van der Waals surface area contributed by atoms with Crippen molar-refractivity contribution in [3.8, 4) is 5.75 Å². The van der Waals surface area contributed by atoms with Crippen molar-refractivity contribution in [2.24, 2.45) is 5.10 Å². The molecule has 0 bridgehead atoms. The second kappa shape index (κ2) is 6.10. The van der Waals surface area contributed by atoms with E-state index in [4.69, 9.17) is 12.2 Å². The summed E-state index contributed by atoms with van der Waals surface area (Å²) in [4.78, 5) is 0. The lowest BCUT2D eigenvalue weighted by Gasteiger charge is -2.21. The number of phenolic OH excluding ortho intramolecular Hbond substituents is 1. The van der Waals surface area contributed by atoms with Gasteiger partial charge in [0.25, 0.3) is 0 Å². The molecule has 0 heterocycles. The molecule has 0 spiro atoms. The van der Waals surface area contributed by atoms with Crippen LogP contribution in [0.5, 0.6) is 5.75 Å². The van der Waals surface area contributed by atoms with E-state index < -0.39 is 0 Å². The fourth-order valence-electron chi connectivity index (χ4n) is 1.94. The first-order chi connectivity index (χ1) is 9.87. The lowest BCUT2D eigenvalue weighted by Crippen LogP contribution is -2.44. The Morgan fingerprint density at radius 2 is 1.90 bits per heavy atom. The third-order valence-electron chi connectivity index (χ3n) is 2.80. The molecule has 110 valence electrons. The molecule has 0 aliphatic carbocycles. The zero-order valence-corrected chi connectivity index (χ0v) is 13.2. The molecule has 2 aromatic rings. The molecule has 0 aromatic heterocycles. The molecule has 0 fully saturated rings. The van der Waals surface area contributed by atoms with Gasteiger partial charge in [0, 0.05) is 11.1 Å². The Balaban J connectivity index is 2.18. The van der Waals surface area contributed by atoms with Crippen LogP contribution in [0.15, 0.2) is 41.5 Å². The molecule has 0 saturated carbocycles. The van der Waals surface area contributed by atoms with E-state index in [1.807, 2.05) is 51.1 Å². The van der Waals surface area contributed by atoms with Gasteiger partial charge in [-0.05, 0) is 49.8 Å². The monoisotopic (exact) mass is 301 g/mol. The maximum absolute atomic E-state index is 9.99. The maximum atomic E-state index is 9.99. The Morgan fingerprint density at radius 3 is 2.62 bits per heavy atom. The fraction of sp³-hybridized carbons (Fsp3) is 0.250. The molecule has 0 aliphatic rings. The first kappa shape index (κ1) is 15.3. The zero-order valence-electron chi connectivity index (χ0n) is 12.3. The number of hydrazone groups is 1. The van der Waals surface area contributed by atoms with Gasteiger partial charge in [0.15, 0.2) is 5.11 Å². The van der Waals surface area contributed by atoms with Gasteiger partial charge in [-0.1, -0.05) is 30.3 Å². The summed E-state index contributed by atoms with van der Waals surface area (Å²) in [7, 11) is 0. The minimum absolute atomic E-state index is 0.124. The van der Waals surface area contributed by atoms with E-state index in [1.54, 1.807) is 12.3 Å². The van der Waals surface area contributed by atoms with Crippen LogP contribution in [0.1, 0.15) is 26.3 Å². The number of nitrogens with one attached hydrogen (secondary N) is 2. The van der Waals surface area contributed by atoms with Gasteiger partial charge in [0.2, 0.25) is 0 Å². The van der Waals surface area contributed by atoms with Crippen molar-refractivity contribution < 1.29 is 5.11 Å². The third-order valence-corrected chi connectivity index (χ3v) is 2.99. The number of fused-ring (bicyclic) bond motifs is 1. The molecular formula is C16H19N3OS. The van der Waals surface area contributed by atoms with Crippen molar-refractivity contribution in [1.82, 2.24) is 10.7 Å². The van der Waals surface area contributed by atoms with Crippen LogP contribution in [0.3, 0.4) is 0 Å². The summed E-state index contributed by atoms with van der Waals surface area (Å²) in [5.74, 6) is 0.189. The lowest BCUT2D eigenvalue weighted by atomic mass is 10.0. The second-order valence-electron chi connectivity index (χ2n) is 5.79. The summed E-state index contributed by atoms with van der Waals surface area (Å²) in [5.41, 5.74) is 3.30. The molecule has 2 rings (SSSR count). The van der Waals surface area contributed by atoms with Gasteiger partial charge in [0.1, 0.15) is 5.75 Å². The van der Waals surface area contributed by atoms with Crippen LogP contribution in [0.2, 0.25) is 0 Å². The Kier molecular flexibility index (Phi) is 4.43. The number of hydrogen-bond donors (Lipinski definition) is 3. The topological polar surface area (TPSA) is 56.7 Å². The van der Waals surface area contributed by atoms with E-state index in [0.29, 0.717) is 10.7 Å². The first-order valence-electron chi connectivity index (χ1n) is 6.69. The Labute approximate surface area is 129 Å². The predicted molar refractivity (Wildman–Crippen MR) is 91.8 cm³/mol. The minimum Gasteiger partial charge on any atom is -0.507 e. The van der Waals surface area contributed by atoms with Crippen LogP contribution < -0.4 is 10.7 Å². The summed E-state index contributed by atoms with van der Waals surface area (Å²) in [6.45, 7) is 6.05. The number of phenols is 1. The van der Waals surface area contributed by atoms with Crippen LogP contribution >= 0.6 is 12.2 Å². The molecule has 4 nitrogen and oxygen atoms in total. The van der Waals surface area contributed by atoms with Gasteiger partial charge in [-0.15, -0.1) is 0 Å². The fourth-order valence-corrected chi connectivity index (χ4v) is 2.30. The quantitative estimate of drug-likeness (QED) is 0.453. The highest BCUT2D eigenvalue weighted by molar-refractivity contribution is 7.80. The van der Waals surface area contributed by atoms with Gasteiger partial charge < -0.3 is 10.4 Å². The second-order valence-corrected chi connectivity index (χ2v) is 6.20. The molecular weight excluding hydrogens is 282 g/mol. The highest BCUT2D eigenvalue weighted by atomic mass is 32.1. The standard InChI is InChI=1S/C16H19N3OS/c1-16(2,3)18-15(21)19-17-10-13-12-7-5-4-6-11(12)8-9-14(13)20/h4-10,20H,1-3H3,(H2,18,19,21). The molecule has 0 aliphatic heterocycles. The average Bonchev–Trinajstić information content (AvgIpc) is 2.39. The summed E-state index contributed by atoms with van der Waals surface area (Å²) in [6, 6.07) is 11.4. The lowest BCUT2D eigenvalue weighted by molar-refractivity contribution is 0.475. The van der Waals surface area contributed by atoms with Gasteiger partial charge in [0.05, 0.1) is 6.21 Å². The van der Waals surface area contributed by atoms with E-state index in [2.05, 4.69) is 15.8 Å². The van der Waals surface area contributed by atoms with Gasteiger partial charge >= 0.3 is 0 Å². The van der Waals surface area contributed by atoms with Crippen LogP contribution in [0.25, 0.3) is 10.8 Å². The molecule has 0 amide bonds. The molecule has 0 saturated heterocycles. The number of hydrogen-bond acceptors (Lipinski definition) is 3. The van der Waals surface area contributed by atoms with Gasteiger partial charge in [-0.2, -0.15) is 5.10 Å². The molecule has 0 radical (unpaired) electrons. The van der Waals surface area contributed by atoms with Gasteiger partial charge in [-0.3, -0.25) is 5.43 Å². The van der Waals surface area contributed by atoms with Crippen molar-refractivity contribution in [3.05, 3.63) is 42.0 Å². The summed E-state index contributed by atoms with van der Waals surface area (Å²) in [5, 5.41) is 19.6. The largest absolute Gasteiger partial charge is 0.507 e. The smallest absolute Gasteiger partial charge is 0.187 e. The number of aromatic hydroxyl groups is 1. The van der Waals surface area contributed by atoms with Crippen molar-refractivity contribution in [2.75, 3.05) is 0 Å². The van der Waals surface area contributed by atoms with Crippen LogP contribution in [0, 0.1) is 0 Å². The summed E-state index contributed by atoms with van der Waals surface area (Å²) >= 11 is 5.15. The molecule has 21 heavy (non-hydrogen) atoms. The van der Waals surface area contributed by atoms with Crippen LogP contribution in [-0.4, -0.2) is 22.0 Å². The average molecular weight is 301 g/mol. The molecule has 0 unspecified atom stereocenters. The predicted octanol–water partition coefficient (Wildman–Crippen LogP) is 3.14. The van der Waals surface area contributed by atoms with E-state index >= 15 is 0 Å². The Morgan fingerprint density at radius 1 is 1.19 bits per heavy atom. The van der Waals surface area contributed by atoms with Crippen molar-refractivity contribution >= 4 is 34.3 Å². The number of rotatable bonds is 2. The van der Waals surface area contributed by atoms with E-state index in [0.717, 1.165) is 10.8 Å². The number of nitrogens with zero attached hydrogens (tertiary/aromatic N) is 1. The summed E-state index contributed by atoms with van der Waals surface area (Å²) < 4.78 is 0. The van der Waals surface area contributed by atoms with Crippen LogP contribution in [0.4, 0.5) is 0 Å². The molecule has 3 N–H and O–H groups in total. The van der Waals surface area contributed by atoms with Crippen LogP contribution in [-0.2, 0) is 0 Å². The Hall–Kier alpha value is -2.14. The van der Waals surface area contributed by atoms with Crippen molar-refractivity contribution in [3.63, 3.8) is 0 Å². The number of benzene rings is 2. The maximum Gasteiger partial charge on any atom is 0.187 e. The Bertz CT molecular complexity index is 689. The third kappa shape index (κ3) is 4.16. The zero-order chi connectivity index (χ0) is 15.5. The normalized spacial score (nSPS) is 11.8. The van der Waals surface area contributed by atoms with Gasteiger partial charge in [-0.25, -0.2) is 0 Å². The highest BCUT2D eigenvalue weighted by Crippen LogP contribution is 2.25. The number of thiocarbonyl (C=S) groups is 1.